The summed E-state index contributed by atoms with van der Waals surface area (Å²) in [5.41, 5.74) is 0. The van der Waals surface area contributed by atoms with Crippen LogP contribution >= 0.6 is 12.4 Å². The number of likely N-dealkylation sites (tertiary alicyclic amines) is 1. The molecule has 23 heavy (non-hydrogen) atoms. The molecule has 0 aromatic carbocycles. The van der Waals surface area contributed by atoms with E-state index in [4.69, 9.17) is 0 Å². The van der Waals surface area contributed by atoms with Gasteiger partial charge in [0.15, 0.2) is 0 Å². The van der Waals surface area contributed by atoms with E-state index in [-0.39, 0.29) is 24.2 Å². The van der Waals surface area contributed by atoms with E-state index in [1.807, 2.05) is 0 Å². The number of hydrogen-bond donors (Lipinski definition) is 2. The zero-order chi connectivity index (χ0) is 15.9. The van der Waals surface area contributed by atoms with Gasteiger partial charge in [-0.25, -0.2) is 0 Å². The lowest BCUT2D eigenvalue weighted by atomic mass is 9.92. The van der Waals surface area contributed by atoms with E-state index in [1.165, 1.54) is 32.5 Å². The average Bonchev–Trinajstić information content (AvgIpc) is 2.45. The molecule has 0 bridgehead atoms. The van der Waals surface area contributed by atoms with Crippen LogP contribution in [0.4, 0.5) is 0 Å². The van der Waals surface area contributed by atoms with Crippen molar-refractivity contribution in [1.82, 2.24) is 15.5 Å². The van der Waals surface area contributed by atoms with E-state index in [0.717, 1.165) is 44.2 Å². The molecule has 0 aromatic heterocycles. The summed E-state index contributed by atoms with van der Waals surface area (Å²) in [5, 5.41) is 6.54. The molecule has 136 valence electrons. The summed E-state index contributed by atoms with van der Waals surface area (Å²) < 4.78 is 0. The van der Waals surface area contributed by atoms with Crippen LogP contribution in [0.3, 0.4) is 0 Å². The van der Waals surface area contributed by atoms with Gasteiger partial charge < -0.3 is 15.5 Å². The molecule has 0 radical (unpaired) electrons. The first-order chi connectivity index (χ1) is 10.5. The summed E-state index contributed by atoms with van der Waals surface area (Å²) in [6.07, 6.45) is 5.64. The lowest BCUT2D eigenvalue weighted by Gasteiger charge is -2.35. The highest BCUT2D eigenvalue weighted by atomic mass is 35.5. The largest absolute Gasteiger partial charge is 0.356 e. The van der Waals surface area contributed by atoms with Gasteiger partial charge in [0, 0.05) is 31.6 Å². The fourth-order valence-corrected chi connectivity index (χ4v) is 4.16. The summed E-state index contributed by atoms with van der Waals surface area (Å²) in [7, 11) is 0. The third-order valence-electron chi connectivity index (χ3n) is 5.14. The Bertz CT molecular complexity index is 343. The second kappa shape index (κ2) is 10.5. The molecule has 0 saturated carbocycles. The molecule has 2 rings (SSSR count). The van der Waals surface area contributed by atoms with Crippen molar-refractivity contribution in [2.24, 2.45) is 17.8 Å². The first-order valence-corrected chi connectivity index (χ1v) is 9.28. The maximum absolute atomic E-state index is 12.1. The normalized spacial score (nSPS) is 32.1. The maximum Gasteiger partial charge on any atom is 0.223 e. The second-order valence-electron chi connectivity index (χ2n) is 7.78. The smallest absolute Gasteiger partial charge is 0.223 e. The summed E-state index contributed by atoms with van der Waals surface area (Å²) in [4.78, 5) is 14.8. The molecule has 4 nitrogen and oxygen atoms in total. The minimum Gasteiger partial charge on any atom is -0.356 e. The summed E-state index contributed by atoms with van der Waals surface area (Å²) in [6, 6.07) is 0.479. The van der Waals surface area contributed by atoms with Crippen LogP contribution in [0.25, 0.3) is 0 Å². The van der Waals surface area contributed by atoms with Crippen LogP contribution in [0.2, 0.25) is 0 Å². The fraction of sp³-hybridized carbons (Fsp3) is 0.944. The van der Waals surface area contributed by atoms with E-state index in [1.54, 1.807) is 0 Å². The molecular weight excluding hydrogens is 310 g/mol. The molecule has 2 aliphatic heterocycles. The van der Waals surface area contributed by atoms with Crippen molar-refractivity contribution < 1.29 is 4.79 Å². The van der Waals surface area contributed by atoms with E-state index in [9.17, 15) is 4.79 Å². The Kier molecular flexibility index (Phi) is 9.48. The Labute approximate surface area is 148 Å². The number of hydrogen-bond acceptors (Lipinski definition) is 3. The van der Waals surface area contributed by atoms with Gasteiger partial charge >= 0.3 is 0 Å². The van der Waals surface area contributed by atoms with Crippen LogP contribution in [0.15, 0.2) is 0 Å². The van der Waals surface area contributed by atoms with Gasteiger partial charge in [-0.1, -0.05) is 13.8 Å². The standard InChI is InChI=1S/C18H35N3O.ClH/c1-14-10-15(2)13-21(12-14)9-5-4-7-20-18(22)17-6-8-19-16(3)11-17;/h14-17,19H,4-13H2,1-3H3,(H,20,22);1H/t14?,15?,16-,17-;/m0./s1. The Morgan fingerprint density at radius 3 is 2.48 bits per heavy atom. The van der Waals surface area contributed by atoms with Crippen molar-refractivity contribution >= 4 is 18.3 Å². The molecule has 2 fully saturated rings. The molecule has 0 spiro atoms. The van der Waals surface area contributed by atoms with Crippen molar-refractivity contribution in [2.75, 3.05) is 32.7 Å². The highest BCUT2D eigenvalue weighted by Crippen LogP contribution is 2.21. The number of nitrogens with zero attached hydrogens (tertiary/aromatic N) is 1. The number of unbranched alkanes of at least 4 members (excludes halogenated alkanes) is 1. The van der Waals surface area contributed by atoms with Gasteiger partial charge in [0.2, 0.25) is 5.91 Å². The molecule has 1 amide bonds. The first kappa shape index (κ1) is 20.7. The topological polar surface area (TPSA) is 44.4 Å². The zero-order valence-electron chi connectivity index (χ0n) is 15.1. The average molecular weight is 346 g/mol. The van der Waals surface area contributed by atoms with Crippen LogP contribution in [-0.2, 0) is 4.79 Å². The molecule has 0 aliphatic carbocycles. The predicted octanol–water partition coefficient (Wildman–Crippen LogP) is 2.67. The van der Waals surface area contributed by atoms with Gasteiger partial charge in [-0.15, -0.1) is 12.4 Å². The third-order valence-corrected chi connectivity index (χ3v) is 5.14. The predicted molar refractivity (Wildman–Crippen MR) is 99.1 cm³/mol. The van der Waals surface area contributed by atoms with Crippen LogP contribution in [0, 0.1) is 17.8 Å². The molecule has 2 heterocycles. The number of amides is 1. The number of carbonyl (C=O) groups excluding carboxylic acids is 1. The van der Waals surface area contributed by atoms with Crippen molar-refractivity contribution in [3.8, 4) is 0 Å². The van der Waals surface area contributed by atoms with Crippen molar-refractivity contribution in [1.29, 1.82) is 0 Å². The summed E-state index contributed by atoms with van der Waals surface area (Å²) in [5.74, 6) is 2.17. The Balaban J connectivity index is 0.00000264. The quantitative estimate of drug-likeness (QED) is 0.727. The molecule has 2 saturated heterocycles. The zero-order valence-corrected chi connectivity index (χ0v) is 16.0. The van der Waals surface area contributed by atoms with Gasteiger partial charge in [0.1, 0.15) is 0 Å². The SMILES string of the molecule is CC1CC(C)CN(CCCCNC(=O)[C@H]2CCN[C@@H](C)C2)C1.Cl. The van der Waals surface area contributed by atoms with Gasteiger partial charge in [-0.3, -0.25) is 4.79 Å². The van der Waals surface area contributed by atoms with Crippen LogP contribution in [0.5, 0.6) is 0 Å². The summed E-state index contributed by atoms with van der Waals surface area (Å²) in [6.45, 7) is 12.4. The van der Waals surface area contributed by atoms with Crippen LogP contribution in [0.1, 0.15) is 52.9 Å². The van der Waals surface area contributed by atoms with Crippen LogP contribution in [-0.4, -0.2) is 49.6 Å². The molecule has 0 aromatic rings. The van der Waals surface area contributed by atoms with E-state index < -0.39 is 0 Å². The highest BCUT2D eigenvalue weighted by molar-refractivity contribution is 5.85. The van der Waals surface area contributed by atoms with Gasteiger partial charge in [0.05, 0.1) is 0 Å². The van der Waals surface area contributed by atoms with Crippen molar-refractivity contribution in [3.05, 3.63) is 0 Å². The third kappa shape index (κ3) is 7.40. The summed E-state index contributed by atoms with van der Waals surface area (Å²) >= 11 is 0. The van der Waals surface area contributed by atoms with Crippen molar-refractivity contribution in [2.45, 2.75) is 58.9 Å². The molecule has 2 unspecified atom stereocenters. The van der Waals surface area contributed by atoms with E-state index >= 15 is 0 Å². The highest BCUT2D eigenvalue weighted by Gasteiger charge is 2.24. The monoisotopic (exact) mass is 345 g/mol. The molecule has 2 N–H and O–H groups in total. The Morgan fingerprint density at radius 2 is 1.83 bits per heavy atom. The first-order valence-electron chi connectivity index (χ1n) is 9.28. The minimum absolute atomic E-state index is 0. The van der Waals surface area contributed by atoms with Gasteiger partial charge in [0.25, 0.3) is 0 Å². The number of piperidine rings is 2. The van der Waals surface area contributed by atoms with Gasteiger partial charge in [-0.05, 0) is 64.0 Å². The molecular formula is C18H36ClN3O. The molecule has 2 aliphatic rings. The van der Waals surface area contributed by atoms with E-state index in [2.05, 4.69) is 36.3 Å². The number of rotatable bonds is 6. The fourth-order valence-electron chi connectivity index (χ4n) is 4.16. The second-order valence-corrected chi connectivity index (χ2v) is 7.78. The van der Waals surface area contributed by atoms with Crippen molar-refractivity contribution in [3.63, 3.8) is 0 Å². The number of halogens is 1. The van der Waals surface area contributed by atoms with Crippen LogP contribution < -0.4 is 10.6 Å². The molecule has 4 atom stereocenters. The number of carbonyl (C=O) groups is 1. The van der Waals surface area contributed by atoms with Gasteiger partial charge in [-0.2, -0.15) is 0 Å². The maximum atomic E-state index is 12.1. The van der Waals surface area contributed by atoms with E-state index in [0.29, 0.717) is 6.04 Å². The number of nitrogens with one attached hydrogen (secondary N) is 2. The minimum atomic E-state index is 0. The molecule has 5 heteroatoms. The Morgan fingerprint density at radius 1 is 1.13 bits per heavy atom. The Hall–Kier alpha value is -0.320. The lowest BCUT2D eigenvalue weighted by Crippen LogP contribution is -2.42. The lowest BCUT2D eigenvalue weighted by molar-refractivity contribution is -0.126.